The summed E-state index contributed by atoms with van der Waals surface area (Å²) < 4.78 is 5.35. The van der Waals surface area contributed by atoms with Gasteiger partial charge in [0.25, 0.3) is 0 Å². The Bertz CT molecular complexity index is 682. The topological polar surface area (TPSA) is 80.0 Å². The molecule has 0 radical (unpaired) electrons. The molecular formula is C19H28N6O. The summed E-state index contributed by atoms with van der Waals surface area (Å²) >= 11 is 0. The number of piperidine rings is 1. The minimum absolute atomic E-state index is 0.439. The normalized spacial score (nSPS) is 26.8. The van der Waals surface area contributed by atoms with Crippen LogP contribution < -0.4 is 10.2 Å². The van der Waals surface area contributed by atoms with E-state index in [1.54, 1.807) is 0 Å². The Hall–Kier alpha value is -2.02. The fourth-order valence-electron chi connectivity index (χ4n) is 4.22. The van der Waals surface area contributed by atoms with Gasteiger partial charge in [-0.15, -0.1) is 0 Å². The van der Waals surface area contributed by atoms with Gasteiger partial charge in [-0.2, -0.15) is 4.98 Å². The van der Waals surface area contributed by atoms with E-state index in [4.69, 9.17) is 4.52 Å². The highest BCUT2D eigenvalue weighted by Crippen LogP contribution is 2.32. The van der Waals surface area contributed by atoms with Gasteiger partial charge in [-0.3, -0.25) is 0 Å². The van der Waals surface area contributed by atoms with Gasteiger partial charge in [0, 0.05) is 37.4 Å². The minimum Gasteiger partial charge on any atom is -0.341 e. The molecule has 7 nitrogen and oxygen atoms in total. The van der Waals surface area contributed by atoms with Crippen molar-refractivity contribution in [3.63, 3.8) is 0 Å². The molecule has 1 saturated carbocycles. The number of nitrogens with zero attached hydrogens (tertiary/aromatic N) is 5. The lowest BCUT2D eigenvalue weighted by Crippen LogP contribution is -2.43. The molecule has 2 fully saturated rings. The highest BCUT2D eigenvalue weighted by atomic mass is 16.5. The average molecular weight is 356 g/mol. The summed E-state index contributed by atoms with van der Waals surface area (Å²) in [5.41, 5.74) is 0. The van der Waals surface area contributed by atoms with Gasteiger partial charge >= 0.3 is 0 Å². The molecule has 0 spiro atoms. The number of hydrogen-bond donors (Lipinski definition) is 1. The van der Waals surface area contributed by atoms with Gasteiger partial charge < -0.3 is 14.7 Å². The van der Waals surface area contributed by atoms with Crippen LogP contribution in [0.4, 0.5) is 5.95 Å². The molecular weight excluding hydrogens is 328 g/mol. The first-order chi connectivity index (χ1) is 12.8. The number of rotatable bonds is 5. The first-order valence-electron chi connectivity index (χ1n) is 9.83. The molecule has 2 aliphatic rings. The summed E-state index contributed by atoms with van der Waals surface area (Å²) in [4.78, 5) is 15.5. The first-order valence-corrected chi connectivity index (χ1v) is 9.83. The summed E-state index contributed by atoms with van der Waals surface area (Å²) in [6.45, 7) is 5.08. The second-order valence-electron chi connectivity index (χ2n) is 7.64. The lowest BCUT2D eigenvalue weighted by Gasteiger charge is -2.34. The van der Waals surface area contributed by atoms with Crippen molar-refractivity contribution in [2.45, 2.75) is 57.4 Å². The summed E-state index contributed by atoms with van der Waals surface area (Å²) in [5, 5.41) is 7.73. The summed E-state index contributed by atoms with van der Waals surface area (Å²) in [5.74, 6) is 3.54. The van der Waals surface area contributed by atoms with Crippen molar-refractivity contribution < 1.29 is 4.52 Å². The predicted octanol–water partition coefficient (Wildman–Crippen LogP) is 2.70. The Morgan fingerprint density at radius 1 is 1.15 bits per heavy atom. The molecule has 26 heavy (non-hydrogen) atoms. The fourth-order valence-corrected chi connectivity index (χ4v) is 4.22. The molecule has 0 unspecified atom stereocenters. The van der Waals surface area contributed by atoms with Gasteiger partial charge in [0.2, 0.25) is 11.8 Å². The van der Waals surface area contributed by atoms with Crippen molar-refractivity contribution in [2.24, 2.45) is 5.92 Å². The van der Waals surface area contributed by atoms with Crippen LogP contribution in [0.2, 0.25) is 0 Å². The highest BCUT2D eigenvalue weighted by molar-refractivity contribution is 5.29. The third kappa shape index (κ3) is 4.20. The average Bonchev–Trinajstić information content (AvgIpc) is 3.14. The molecule has 1 aliphatic carbocycles. The maximum atomic E-state index is 5.35. The van der Waals surface area contributed by atoms with Crippen molar-refractivity contribution in [1.29, 1.82) is 0 Å². The van der Waals surface area contributed by atoms with Crippen molar-refractivity contribution >= 4 is 5.95 Å². The van der Waals surface area contributed by atoms with Crippen LogP contribution in [0.15, 0.2) is 23.0 Å². The Morgan fingerprint density at radius 3 is 2.69 bits per heavy atom. The van der Waals surface area contributed by atoms with E-state index in [9.17, 15) is 0 Å². The second kappa shape index (κ2) is 8.12. The number of aromatic nitrogens is 4. The SMILES string of the molecule is Cc1noc(C2CCC(NC[C@H]3CCCN(c4ncccn4)C3)CC2)n1. The van der Waals surface area contributed by atoms with Gasteiger partial charge in [-0.25, -0.2) is 9.97 Å². The largest absolute Gasteiger partial charge is 0.341 e. The molecule has 0 aromatic carbocycles. The van der Waals surface area contributed by atoms with Gasteiger partial charge in [0.05, 0.1) is 0 Å². The van der Waals surface area contributed by atoms with E-state index in [0.717, 1.165) is 50.1 Å². The lowest BCUT2D eigenvalue weighted by atomic mass is 9.85. The first kappa shape index (κ1) is 17.4. The third-order valence-corrected chi connectivity index (χ3v) is 5.67. The van der Waals surface area contributed by atoms with Crippen molar-refractivity contribution in [2.75, 3.05) is 24.5 Å². The molecule has 4 rings (SSSR count). The van der Waals surface area contributed by atoms with Gasteiger partial charge in [-0.05, 0) is 64.0 Å². The molecule has 1 saturated heterocycles. The van der Waals surface area contributed by atoms with E-state index in [-0.39, 0.29) is 0 Å². The Kier molecular flexibility index (Phi) is 5.43. The Labute approximate surface area is 154 Å². The second-order valence-corrected chi connectivity index (χ2v) is 7.64. The predicted molar refractivity (Wildman–Crippen MR) is 99.0 cm³/mol. The third-order valence-electron chi connectivity index (χ3n) is 5.67. The van der Waals surface area contributed by atoms with Crippen LogP contribution in [0.3, 0.4) is 0 Å². The zero-order valence-electron chi connectivity index (χ0n) is 15.5. The van der Waals surface area contributed by atoms with E-state index in [2.05, 4.69) is 30.3 Å². The van der Waals surface area contributed by atoms with Crippen LogP contribution in [-0.4, -0.2) is 45.8 Å². The molecule has 0 bridgehead atoms. The van der Waals surface area contributed by atoms with Crippen LogP contribution in [0.1, 0.15) is 56.2 Å². The van der Waals surface area contributed by atoms with E-state index >= 15 is 0 Å². The van der Waals surface area contributed by atoms with E-state index < -0.39 is 0 Å². The monoisotopic (exact) mass is 356 g/mol. The zero-order chi connectivity index (χ0) is 17.8. The fraction of sp³-hybridized carbons (Fsp3) is 0.684. The summed E-state index contributed by atoms with van der Waals surface area (Å²) in [6.07, 6.45) is 10.8. The minimum atomic E-state index is 0.439. The van der Waals surface area contributed by atoms with Gasteiger partial charge in [-0.1, -0.05) is 5.16 Å². The zero-order valence-corrected chi connectivity index (χ0v) is 15.5. The van der Waals surface area contributed by atoms with Crippen LogP contribution in [0, 0.1) is 12.8 Å². The van der Waals surface area contributed by atoms with Gasteiger partial charge in [0.15, 0.2) is 5.82 Å². The van der Waals surface area contributed by atoms with E-state index in [1.807, 2.05) is 25.4 Å². The van der Waals surface area contributed by atoms with Crippen molar-refractivity contribution in [3.8, 4) is 0 Å². The smallest absolute Gasteiger partial charge is 0.229 e. The standard InChI is InChI=1S/C19H28N6O/c1-14-23-18(26-24-14)16-5-7-17(8-6-16)22-12-15-4-2-11-25(13-15)19-20-9-3-10-21-19/h3,9-10,15-17,22H,2,4-8,11-13H2,1H3/t15-,16?,17?/m1/s1. The number of aryl methyl sites for hydroxylation is 1. The van der Waals surface area contributed by atoms with Crippen LogP contribution >= 0.6 is 0 Å². The molecule has 1 atom stereocenters. The molecule has 2 aromatic heterocycles. The maximum Gasteiger partial charge on any atom is 0.229 e. The number of anilines is 1. The number of hydrogen-bond acceptors (Lipinski definition) is 7. The highest BCUT2D eigenvalue weighted by Gasteiger charge is 2.27. The van der Waals surface area contributed by atoms with E-state index in [1.165, 1.54) is 25.7 Å². The lowest BCUT2D eigenvalue weighted by molar-refractivity contribution is 0.271. The van der Waals surface area contributed by atoms with Gasteiger partial charge in [0.1, 0.15) is 0 Å². The van der Waals surface area contributed by atoms with E-state index in [0.29, 0.717) is 17.9 Å². The molecule has 1 N–H and O–H groups in total. The van der Waals surface area contributed by atoms with Crippen molar-refractivity contribution in [1.82, 2.24) is 25.4 Å². The molecule has 0 amide bonds. The number of nitrogens with one attached hydrogen (secondary N) is 1. The van der Waals surface area contributed by atoms with Crippen LogP contribution in [0.5, 0.6) is 0 Å². The maximum absolute atomic E-state index is 5.35. The summed E-state index contributed by atoms with van der Waals surface area (Å²) in [7, 11) is 0. The van der Waals surface area contributed by atoms with Crippen LogP contribution in [-0.2, 0) is 0 Å². The Balaban J connectivity index is 1.22. The molecule has 1 aliphatic heterocycles. The Morgan fingerprint density at radius 2 is 1.96 bits per heavy atom. The molecule has 140 valence electrons. The van der Waals surface area contributed by atoms with Crippen molar-refractivity contribution in [3.05, 3.63) is 30.2 Å². The quantitative estimate of drug-likeness (QED) is 0.882. The molecule has 2 aromatic rings. The summed E-state index contributed by atoms with van der Waals surface area (Å²) in [6, 6.07) is 2.48. The van der Waals surface area contributed by atoms with Crippen LogP contribution in [0.25, 0.3) is 0 Å². The molecule has 7 heteroatoms. The molecule has 3 heterocycles.